The van der Waals surface area contributed by atoms with Gasteiger partial charge in [-0.15, -0.1) is 0 Å². The van der Waals surface area contributed by atoms with E-state index in [2.05, 4.69) is 10.6 Å². The first-order valence-corrected chi connectivity index (χ1v) is 6.80. The Morgan fingerprint density at radius 2 is 2.05 bits per heavy atom. The van der Waals surface area contributed by atoms with Gasteiger partial charge in [0.2, 0.25) is 0 Å². The SMILES string of the molecule is N#Cc1cccc(NC(=S)Nc2cc([N+](=O)[O-])ccc2Cl)c1. The van der Waals surface area contributed by atoms with E-state index in [-0.39, 0.29) is 10.8 Å². The van der Waals surface area contributed by atoms with E-state index in [4.69, 9.17) is 29.1 Å². The molecule has 8 heteroatoms. The van der Waals surface area contributed by atoms with Crippen LogP contribution in [-0.4, -0.2) is 10.0 Å². The molecule has 0 aromatic heterocycles. The Bertz CT molecular complexity index is 789. The van der Waals surface area contributed by atoms with E-state index in [1.807, 2.05) is 6.07 Å². The van der Waals surface area contributed by atoms with E-state index in [9.17, 15) is 10.1 Å². The smallest absolute Gasteiger partial charge is 0.271 e. The first-order valence-electron chi connectivity index (χ1n) is 6.01. The van der Waals surface area contributed by atoms with Crippen LogP contribution in [-0.2, 0) is 0 Å². The van der Waals surface area contributed by atoms with Gasteiger partial charge in [-0.05, 0) is 36.5 Å². The van der Waals surface area contributed by atoms with Crippen molar-refractivity contribution in [3.63, 3.8) is 0 Å². The highest BCUT2D eigenvalue weighted by Gasteiger charge is 2.10. The van der Waals surface area contributed by atoms with Crippen LogP contribution in [0, 0.1) is 21.4 Å². The zero-order chi connectivity index (χ0) is 16.1. The fraction of sp³-hybridized carbons (Fsp3) is 0. The highest BCUT2D eigenvalue weighted by Crippen LogP contribution is 2.26. The first kappa shape index (κ1) is 15.7. The summed E-state index contributed by atoms with van der Waals surface area (Å²) in [5, 5.41) is 25.8. The molecule has 22 heavy (non-hydrogen) atoms. The second-order valence-electron chi connectivity index (χ2n) is 4.19. The number of non-ortho nitro benzene ring substituents is 1. The van der Waals surface area contributed by atoms with E-state index < -0.39 is 4.92 Å². The van der Waals surface area contributed by atoms with Crippen LogP contribution in [0.4, 0.5) is 17.1 Å². The van der Waals surface area contributed by atoms with Crippen molar-refractivity contribution in [2.24, 2.45) is 0 Å². The topological polar surface area (TPSA) is 91.0 Å². The van der Waals surface area contributed by atoms with Crippen LogP contribution in [0.2, 0.25) is 5.02 Å². The molecule has 0 fully saturated rings. The van der Waals surface area contributed by atoms with Crippen molar-refractivity contribution in [1.82, 2.24) is 0 Å². The molecule has 110 valence electrons. The zero-order valence-electron chi connectivity index (χ0n) is 11.0. The summed E-state index contributed by atoms with van der Waals surface area (Å²) in [7, 11) is 0. The molecule has 0 aliphatic rings. The van der Waals surface area contributed by atoms with Crippen molar-refractivity contribution in [2.75, 3.05) is 10.6 Å². The molecule has 0 amide bonds. The van der Waals surface area contributed by atoms with E-state index in [0.29, 0.717) is 22.0 Å². The Morgan fingerprint density at radius 3 is 2.73 bits per heavy atom. The number of hydrogen-bond acceptors (Lipinski definition) is 4. The molecule has 0 aliphatic carbocycles. The minimum Gasteiger partial charge on any atom is -0.332 e. The average Bonchev–Trinajstić information content (AvgIpc) is 2.49. The van der Waals surface area contributed by atoms with E-state index in [1.54, 1.807) is 24.3 Å². The second-order valence-corrected chi connectivity index (χ2v) is 5.01. The molecule has 0 atom stereocenters. The second kappa shape index (κ2) is 6.85. The zero-order valence-corrected chi connectivity index (χ0v) is 12.6. The summed E-state index contributed by atoms with van der Waals surface area (Å²) < 4.78 is 0. The Balaban J connectivity index is 2.13. The summed E-state index contributed by atoms with van der Waals surface area (Å²) >= 11 is 11.1. The molecule has 0 unspecified atom stereocenters. The Hall–Kier alpha value is -2.69. The van der Waals surface area contributed by atoms with E-state index >= 15 is 0 Å². The summed E-state index contributed by atoms with van der Waals surface area (Å²) in [6.45, 7) is 0. The molecule has 2 aromatic carbocycles. The standard InChI is InChI=1S/C14H9ClN4O2S/c15-12-5-4-11(19(20)21)7-13(12)18-14(22)17-10-3-1-2-9(6-10)8-16/h1-7H,(H2,17,18,22). The van der Waals surface area contributed by atoms with Gasteiger partial charge in [0.1, 0.15) is 0 Å². The molecule has 0 spiro atoms. The van der Waals surface area contributed by atoms with E-state index in [0.717, 1.165) is 0 Å². The van der Waals surface area contributed by atoms with Gasteiger partial charge in [0.15, 0.2) is 5.11 Å². The molecule has 2 rings (SSSR count). The summed E-state index contributed by atoms with van der Waals surface area (Å²) in [6, 6.07) is 12.8. The number of nitrogens with one attached hydrogen (secondary N) is 2. The largest absolute Gasteiger partial charge is 0.332 e. The van der Waals surface area contributed by atoms with Gasteiger partial charge < -0.3 is 10.6 Å². The fourth-order valence-electron chi connectivity index (χ4n) is 1.67. The predicted molar refractivity (Wildman–Crippen MR) is 89.1 cm³/mol. The molecule has 2 aromatic rings. The lowest BCUT2D eigenvalue weighted by atomic mass is 10.2. The van der Waals surface area contributed by atoms with Crippen LogP contribution in [0.3, 0.4) is 0 Å². The maximum atomic E-state index is 10.8. The Morgan fingerprint density at radius 1 is 1.27 bits per heavy atom. The highest BCUT2D eigenvalue weighted by atomic mass is 35.5. The fourth-order valence-corrected chi connectivity index (χ4v) is 2.07. The van der Waals surface area contributed by atoms with Crippen LogP contribution < -0.4 is 10.6 Å². The van der Waals surface area contributed by atoms with Gasteiger partial charge in [0.25, 0.3) is 5.69 Å². The lowest BCUT2D eigenvalue weighted by Gasteiger charge is -2.11. The highest BCUT2D eigenvalue weighted by molar-refractivity contribution is 7.80. The monoisotopic (exact) mass is 332 g/mol. The van der Waals surface area contributed by atoms with Crippen molar-refractivity contribution in [2.45, 2.75) is 0 Å². The van der Waals surface area contributed by atoms with Gasteiger partial charge in [-0.25, -0.2) is 0 Å². The molecule has 0 saturated carbocycles. The lowest BCUT2D eigenvalue weighted by molar-refractivity contribution is -0.384. The quantitative estimate of drug-likeness (QED) is 0.502. The number of anilines is 2. The first-order chi connectivity index (χ1) is 10.5. The molecular weight excluding hydrogens is 324 g/mol. The summed E-state index contributed by atoms with van der Waals surface area (Å²) in [5.74, 6) is 0. The van der Waals surface area contributed by atoms with Gasteiger partial charge in [-0.2, -0.15) is 5.26 Å². The van der Waals surface area contributed by atoms with Crippen molar-refractivity contribution in [3.05, 3.63) is 63.2 Å². The van der Waals surface area contributed by atoms with Crippen LogP contribution in [0.1, 0.15) is 5.56 Å². The number of benzene rings is 2. The van der Waals surface area contributed by atoms with E-state index in [1.165, 1.54) is 18.2 Å². The Kier molecular flexibility index (Phi) is 4.88. The van der Waals surface area contributed by atoms with Crippen molar-refractivity contribution in [3.8, 4) is 6.07 Å². The minimum absolute atomic E-state index is 0.0961. The maximum Gasteiger partial charge on any atom is 0.271 e. The maximum absolute atomic E-state index is 10.8. The lowest BCUT2D eigenvalue weighted by Crippen LogP contribution is -2.19. The summed E-state index contributed by atoms with van der Waals surface area (Å²) in [6.07, 6.45) is 0. The number of nitro groups is 1. The number of nitrogens with zero attached hydrogens (tertiary/aromatic N) is 2. The number of hydrogen-bond donors (Lipinski definition) is 2. The molecule has 0 aliphatic heterocycles. The average molecular weight is 333 g/mol. The van der Waals surface area contributed by atoms with Gasteiger partial charge in [-0.3, -0.25) is 10.1 Å². The van der Waals surface area contributed by atoms with Gasteiger partial charge in [0, 0.05) is 17.8 Å². The molecule has 6 nitrogen and oxygen atoms in total. The predicted octanol–water partition coefficient (Wildman–Crippen LogP) is 3.93. The van der Waals surface area contributed by atoms with Crippen molar-refractivity contribution >= 4 is 46.0 Å². The van der Waals surface area contributed by atoms with Crippen LogP contribution >= 0.6 is 23.8 Å². The van der Waals surface area contributed by atoms with Crippen LogP contribution in [0.5, 0.6) is 0 Å². The molecular formula is C14H9ClN4O2S. The molecule has 2 N–H and O–H groups in total. The third-order valence-electron chi connectivity index (χ3n) is 2.66. The number of halogens is 1. The van der Waals surface area contributed by atoms with Crippen LogP contribution in [0.15, 0.2) is 42.5 Å². The number of nitriles is 1. The molecule has 0 heterocycles. The van der Waals surface area contributed by atoms with Crippen LogP contribution in [0.25, 0.3) is 0 Å². The van der Waals surface area contributed by atoms with Gasteiger partial charge in [-0.1, -0.05) is 17.7 Å². The minimum atomic E-state index is -0.519. The number of nitro benzene ring substituents is 1. The number of thiocarbonyl (C=S) groups is 1. The summed E-state index contributed by atoms with van der Waals surface area (Å²) in [5.41, 5.74) is 1.34. The van der Waals surface area contributed by atoms with Crippen molar-refractivity contribution < 1.29 is 4.92 Å². The van der Waals surface area contributed by atoms with Gasteiger partial charge >= 0.3 is 0 Å². The molecule has 0 radical (unpaired) electrons. The normalized spacial score (nSPS) is 9.64. The summed E-state index contributed by atoms with van der Waals surface area (Å²) in [4.78, 5) is 10.2. The Labute approximate surface area is 136 Å². The third-order valence-corrected chi connectivity index (χ3v) is 3.19. The van der Waals surface area contributed by atoms with Crippen molar-refractivity contribution in [1.29, 1.82) is 5.26 Å². The number of rotatable bonds is 3. The molecule has 0 bridgehead atoms. The molecule has 0 saturated heterocycles. The van der Waals surface area contributed by atoms with Gasteiger partial charge in [0.05, 0.1) is 27.3 Å². The third kappa shape index (κ3) is 3.91.